The van der Waals surface area contributed by atoms with Crippen LogP contribution in [0.1, 0.15) is 22.6 Å². The minimum absolute atomic E-state index is 0.287. The van der Waals surface area contributed by atoms with Gasteiger partial charge in [-0.25, -0.2) is 4.79 Å². The van der Waals surface area contributed by atoms with Crippen molar-refractivity contribution in [3.63, 3.8) is 0 Å². The predicted molar refractivity (Wildman–Crippen MR) is 58.9 cm³/mol. The number of thiol groups is 1. The number of aryl methyl sites for hydroxylation is 1. The van der Waals surface area contributed by atoms with Crippen LogP contribution in [0.3, 0.4) is 0 Å². The van der Waals surface area contributed by atoms with Crippen molar-refractivity contribution in [3.8, 4) is 0 Å². The lowest BCUT2D eigenvalue weighted by Gasteiger charge is -2.05. The Bertz CT molecular complexity index is 320. The molecule has 14 heavy (non-hydrogen) atoms. The Morgan fingerprint density at radius 2 is 2.29 bits per heavy atom. The summed E-state index contributed by atoms with van der Waals surface area (Å²) in [5.41, 5.74) is 1.74. The van der Waals surface area contributed by atoms with Gasteiger partial charge in [0.25, 0.3) is 0 Å². The van der Waals surface area contributed by atoms with E-state index in [1.807, 2.05) is 17.7 Å². The molecule has 0 aliphatic carbocycles. The molecule has 1 aromatic heterocycles. The van der Waals surface area contributed by atoms with Crippen LogP contribution >= 0.6 is 12.6 Å². The van der Waals surface area contributed by atoms with E-state index in [-0.39, 0.29) is 5.97 Å². The van der Waals surface area contributed by atoms with Crippen LogP contribution < -0.4 is 0 Å². The number of aromatic nitrogens is 1. The van der Waals surface area contributed by atoms with Gasteiger partial charge in [0, 0.05) is 12.7 Å². The lowest BCUT2D eigenvalue weighted by Crippen LogP contribution is -2.09. The minimum Gasteiger partial charge on any atom is -0.464 e. The van der Waals surface area contributed by atoms with Crippen LogP contribution in [-0.4, -0.2) is 23.4 Å². The van der Waals surface area contributed by atoms with Gasteiger partial charge in [-0.15, -0.1) is 0 Å². The molecule has 0 atom stereocenters. The van der Waals surface area contributed by atoms with E-state index in [2.05, 4.69) is 17.4 Å². The lowest BCUT2D eigenvalue weighted by molar-refractivity contribution is 0.0589. The summed E-state index contributed by atoms with van der Waals surface area (Å²) in [7, 11) is 3.27. The van der Waals surface area contributed by atoms with E-state index < -0.39 is 0 Å². The van der Waals surface area contributed by atoms with E-state index >= 15 is 0 Å². The highest BCUT2D eigenvalue weighted by Crippen LogP contribution is 2.10. The molecule has 0 N–H and O–H groups in total. The number of carbonyl (C=O) groups is 1. The average molecular weight is 213 g/mol. The Morgan fingerprint density at radius 3 is 2.86 bits per heavy atom. The molecule has 1 heterocycles. The highest BCUT2D eigenvalue weighted by atomic mass is 32.1. The van der Waals surface area contributed by atoms with Crippen LogP contribution in [0.2, 0.25) is 0 Å². The van der Waals surface area contributed by atoms with Crippen molar-refractivity contribution in [1.82, 2.24) is 4.57 Å². The van der Waals surface area contributed by atoms with Crippen LogP contribution in [0, 0.1) is 0 Å². The first-order valence-corrected chi connectivity index (χ1v) is 5.17. The van der Waals surface area contributed by atoms with E-state index in [0.29, 0.717) is 5.69 Å². The largest absolute Gasteiger partial charge is 0.464 e. The summed E-state index contributed by atoms with van der Waals surface area (Å²) in [6.45, 7) is 0. The summed E-state index contributed by atoms with van der Waals surface area (Å²) < 4.78 is 6.53. The van der Waals surface area contributed by atoms with Crippen molar-refractivity contribution in [2.45, 2.75) is 12.8 Å². The van der Waals surface area contributed by atoms with Crippen molar-refractivity contribution in [2.75, 3.05) is 12.9 Å². The zero-order valence-corrected chi connectivity index (χ0v) is 9.38. The van der Waals surface area contributed by atoms with Crippen LogP contribution in [-0.2, 0) is 18.2 Å². The third-order valence-corrected chi connectivity index (χ3v) is 2.53. The second kappa shape index (κ2) is 5.10. The summed E-state index contributed by atoms with van der Waals surface area (Å²) >= 11 is 4.15. The molecule has 0 amide bonds. The van der Waals surface area contributed by atoms with Crippen LogP contribution in [0.25, 0.3) is 0 Å². The number of ether oxygens (including phenoxy) is 1. The van der Waals surface area contributed by atoms with Gasteiger partial charge < -0.3 is 9.30 Å². The first-order valence-electron chi connectivity index (χ1n) is 4.54. The van der Waals surface area contributed by atoms with Gasteiger partial charge >= 0.3 is 5.97 Å². The van der Waals surface area contributed by atoms with Crippen molar-refractivity contribution in [1.29, 1.82) is 0 Å². The first kappa shape index (κ1) is 11.2. The molecule has 1 rings (SSSR count). The van der Waals surface area contributed by atoms with Crippen LogP contribution in [0.15, 0.2) is 12.1 Å². The molecule has 0 bridgehead atoms. The molecule has 0 saturated heterocycles. The normalized spacial score (nSPS) is 10.2. The molecule has 0 radical (unpaired) electrons. The number of hydrogen-bond acceptors (Lipinski definition) is 3. The van der Waals surface area contributed by atoms with E-state index in [1.165, 1.54) is 7.11 Å². The van der Waals surface area contributed by atoms with Gasteiger partial charge in [0.1, 0.15) is 5.69 Å². The third kappa shape index (κ3) is 2.32. The smallest absolute Gasteiger partial charge is 0.354 e. The fourth-order valence-electron chi connectivity index (χ4n) is 1.37. The first-order chi connectivity index (χ1) is 6.70. The highest BCUT2D eigenvalue weighted by molar-refractivity contribution is 7.80. The maximum atomic E-state index is 11.3. The number of hydrogen-bond donors (Lipinski definition) is 1. The monoisotopic (exact) mass is 213 g/mol. The topological polar surface area (TPSA) is 31.2 Å². The van der Waals surface area contributed by atoms with Crippen molar-refractivity contribution in [3.05, 3.63) is 23.5 Å². The van der Waals surface area contributed by atoms with Gasteiger partial charge in [-0.2, -0.15) is 12.6 Å². The number of nitrogens with zero attached hydrogens (tertiary/aromatic N) is 1. The number of esters is 1. The second-order valence-corrected chi connectivity index (χ2v) is 3.53. The number of rotatable bonds is 4. The molecule has 0 aliphatic heterocycles. The molecule has 78 valence electrons. The standard InChI is InChI=1S/C10H15NO2S/c1-11-8(4-3-7-14)5-6-9(11)10(12)13-2/h5-6,14H,3-4,7H2,1-2H3. The van der Waals surface area contributed by atoms with Crippen molar-refractivity contribution >= 4 is 18.6 Å². The van der Waals surface area contributed by atoms with E-state index in [9.17, 15) is 4.79 Å². The molecular formula is C10H15NO2S. The zero-order valence-electron chi connectivity index (χ0n) is 8.49. The quantitative estimate of drug-likeness (QED) is 0.609. The molecule has 4 heteroatoms. The molecule has 1 aromatic rings. The molecule has 3 nitrogen and oxygen atoms in total. The molecule has 0 saturated carbocycles. The average Bonchev–Trinajstić information content (AvgIpc) is 2.56. The van der Waals surface area contributed by atoms with Crippen molar-refractivity contribution < 1.29 is 9.53 Å². The molecular weight excluding hydrogens is 198 g/mol. The predicted octanol–water partition coefficient (Wildman–Crippen LogP) is 1.67. The Hall–Kier alpha value is -0.900. The minimum atomic E-state index is -0.287. The maximum Gasteiger partial charge on any atom is 0.354 e. The van der Waals surface area contributed by atoms with Gasteiger partial charge in [0.05, 0.1) is 7.11 Å². The fraction of sp³-hybridized carbons (Fsp3) is 0.500. The summed E-state index contributed by atoms with van der Waals surface area (Å²) in [6.07, 6.45) is 1.96. The van der Waals surface area contributed by atoms with Gasteiger partial charge in [-0.3, -0.25) is 0 Å². The van der Waals surface area contributed by atoms with Gasteiger partial charge in [0.2, 0.25) is 0 Å². The Labute approximate surface area is 89.5 Å². The van der Waals surface area contributed by atoms with Gasteiger partial charge in [-0.05, 0) is 30.7 Å². The van der Waals surface area contributed by atoms with Gasteiger partial charge in [-0.1, -0.05) is 0 Å². The Balaban J connectivity index is 2.80. The summed E-state index contributed by atoms with van der Waals surface area (Å²) in [5, 5.41) is 0. The van der Waals surface area contributed by atoms with Gasteiger partial charge in [0.15, 0.2) is 0 Å². The van der Waals surface area contributed by atoms with Crippen LogP contribution in [0.4, 0.5) is 0 Å². The highest BCUT2D eigenvalue weighted by Gasteiger charge is 2.11. The third-order valence-electron chi connectivity index (χ3n) is 2.21. The Morgan fingerprint density at radius 1 is 1.57 bits per heavy atom. The Kier molecular flexibility index (Phi) is 4.07. The lowest BCUT2D eigenvalue weighted by atomic mass is 10.2. The summed E-state index contributed by atoms with van der Waals surface area (Å²) in [4.78, 5) is 11.3. The van der Waals surface area contributed by atoms with E-state index in [0.717, 1.165) is 24.3 Å². The summed E-state index contributed by atoms with van der Waals surface area (Å²) in [5.74, 6) is 0.572. The fourth-order valence-corrected chi connectivity index (χ4v) is 1.53. The summed E-state index contributed by atoms with van der Waals surface area (Å²) in [6, 6.07) is 3.75. The zero-order chi connectivity index (χ0) is 10.6. The maximum absolute atomic E-state index is 11.3. The van der Waals surface area contributed by atoms with E-state index in [1.54, 1.807) is 6.07 Å². The molecule has 0 unspecified atom stereocenters. The number of carbonyl (C=O) groups excluding carboxylic acids is 1. The van der Waals surface area contributed by atoms with E-state index in [4.69, 9.17) is 0 Å². The molecule has 0 fully saturated rings. The molecule has 0 spiro atoms. The SMILES string of the molecule is COC(=O)c1ccc(CCCS)n1C. The molecule has 0 aliphatic rings. The molecule has 0 aromatic carbocycles. The number of methoxy groups -OCH3 is 1. The second-order valence-electron chi connectivity index (χ2n) is 3.09. The van der Waals surface area contributed by atoms with Crippen LogP contribution in [0.5, 0.6) is 0 Å². The van der Waals surface area contributed by atoms with Crippen molar-refractivity contribution in [2.24, 2.45) is 7.05 Å².